The zero-order valence-corrected chi connectivity index (χ0v) is 12.0. The number of furan rings is 1. The van der Waals surface area contributed by atoms with Crippen LogP contribution in [0.2, 0.25) is 0 Å². The van der Waals surface area contributed by atoms with Crippen LogP contribution < -0.4 is 5.32 Å². The van der Waals surface area contributed by atoms with Crippen LogP contribution in [0.3, 0.4) is 0 Å². The average Bonchev–Trinajstić information content (AvgIpc) is 2.92. The van der Waals surface area contributed by atoms with Crippen LogP contribution >= 0.6 is 0 Å². The summed E-state index contributed by atoms with van der Waals surface area (Å²) in [7, 11) is 1.96. The Balaban J connectivity index is 2.00. The van der Waals surface area contributed by atoms with E-state index in [1.54, 1.807) is 12.3 Å². The molecule has 0 bridgehead atoms. The molecular formula is C16H21FN2O. The molecule has 0 saturated heterocycles. The minimum absolute atomic E-state index is 0.156. The van der Waals surface area contributed by atoms with E-state index in [1.807, 2.05) is 36.2 Å². The van der Waals surface area contributed by atoms with Crippen LogP contribution in [-0.2, 0) is 19.6 Å². The van der Waals surface area contributed by atoms with Crippen molar-refractivity contribution >= 4 is 0 Å². The molecule has 1 heterocycles. The fourth-order valence-corrected chi connectivity index (χ4v) is 2.14. The Hall–Kier alpha value is -1.65. The third-order valence-corrected chi connectivity index (χ3v) is 3.14. The van der Waals surface area contributed by atoms with Gasteiger partial charge in [-0.15, -0.1) is 0 Å². The van der Waals surface area contributed by atoms with Crippen molar-refractivity contribution in [3.05, 3.63) is 59.3 Å². The van der Waals surface area contributed by atoms with Crippen molar-refractivity contribution in [2.75, 3.05) is 13.6 Å². The summed E-state index contributed by atoms with van der Waals surface area (Å²) in [6.45, 7) is 4.97. The highest BCUT2D eigenvalue weighted by atomic mass is 19.1. The number of benzene rings is 1. The van der Waals surface area contributed by atoms with Crippen LogP contribution in [0, 0.1) is 5.82 Å². The summed E-state index contributed by atoms with van der Waals surface area (Å²) in [6.07, 6.45) is 1.65. The first kappa shape index (κ1) is 14.8. The van der Waals surface area contributed by atoms with Gasteiger partial charge in [0.2, 0.25) is 0 Å². The molecule has 108 valence electrons. The van der Waals surface area contributed by atoms with Gasteiger partial charge in [0.05, 0.1) is 12.8 Å². The van der Waals surface area contributed by atoms with E-state index in [0.717, 1.165) is 30.0 Å². The van der Waals surface area contributed by atoms with Gasteiger partial charge in [-0.05, 0) is 37.4 Å². The van der Waals surface area contributed by atoms with Crippen molar-refractivity contribution in [2.24, 2.45) is 0 Å². The maximum Gasteiger partial charge on any atom is 0.127 e. The van der Waals surface area contributed by atoms with Crippen LogP contribution in [-0.4, -0.2) is 18.5 Å². The maximum atomic E-state index is 13.9. The Labute approximate surface area is 119 Å². The topological polar surface area (TPSA) is 28.4 Å². The molecule has 0 saturated carbocycles. The lowest BCUT2D eigenvalue weighted by Gasteiger charge is -2.16. The lowest BCUT2D eigenvalue weighted by Crippen LogP contribution is -2.18. The highest BCUT2D eigenvalue weighted by molar-refractivity contribution is 5.25. The van der Waals surface area contributed by atoms with Gasteiger partial charge in [0.15, 0.2) is 0 Å². The minimum Gasteiger partial charge on any atom is -0.468 e. The van der Waals surface area contributed by atoms with E-state index in [9.17, 15) is 4.39 Å². The van der Waals surface area contributed by atoms with Crippen LogP contribution in [0.1, 0.15) is 23.8 Å². The van der Waals surface area contributed by atoms with Crippen LogP contribution in [0.4, 0.5) is 4.39 Å². The number of nitrogens with one attached hydrogen (secondary N) is 1. The van der Waals surface area contributed by atoms with E-state index in [2.05, 4.69) is 12.2 Å². The van der Waals surface area contributed by atoms with E-state index in [1.165, 1.54) is 0 Å². The smallest absolute Gasteiger partial charge is 0.127 e. The Morgan fingerprint density at radius 3 is 2.80 bits per heavy atom. The molecule has 1 aromatic heterocycles. The molecule has 20 heavy (non-hydrogen) atoms. The van der Waals surface area contributed by atoms with E-state index in [-0.39, 0.29) is 5.82 Å². The van der Waals surface area contributed by atoms with Crippen molar-refractivity contribution < 1.29 is 8.81 Å². The van der Waals surface area contributed by atoms with Crippen molar-refractivity contribution in [1.29, 1.82) is 0 Å². The monoisotopic (exact) mass is 276 g/mol. The van der Waals surface area contributed by atoms with E-state index in [0.29, 0.717) is 13.1 Å². The predicted octanol–water partition coefficient (Wildman–Crippen LogP) is 3.16. The molecule has 4 heteroatoms. The largest absolute Gasteiger partial charge is 0.468 e. The number of hydrogen-bond acceptors (Lipinski definition) is 3. The minimum atomic E-state index is -0.156. The van der Waals surface area contributed by atoms with E-state index < -0.39 is 0 Å². The van der Waals surface area contributed by atoms with Gasteiger partial charge in [-0.1, -0.05) is 19.1 Å². The van der Waals surface area contributed by atoms with Crippen LogP contribution in [0.5, 0.6) is 0 Å². The number of nitrogens with zero attached hydrogens (tertiary/aromatic N) is 1. The third-order valence-electron chi connectivity index (χ3n) is 3.14. The van der Waals surface area contributed by atoms with Gasteiger partial charge < -0.3 is 9.73 Å². The summed E-state index contributed by atoms with van der Waals surface area (Å²) in [6, 6.07) is 9.09. The first-order chi connectivity index (χ1) is 9.69. The highest BCUT2D eigenvalue weighted by Crippen LogP contribution is 2.14. The Morgan fingerprint density at radius 1 is 1.25 bits per heavy atom. The SMILES string of the molecule is CCNCc1ccc(F)c(CN(C)Cc2ccco2)c1. The molecule has 2 aromatic rings. The second kappa shape index (κ2) is 7.22. The van der Waals surface area contributed by atoms with E-state index in [4.69, 9.17) is 4.42 Å². The van der Waals surface area contributed by atoms with Crippen LogP contribution in [0.25, 0.3) is 0 Å². The molecule has 3 nitrogen and oxygen atoms in total. The number of rotatable bonds is 7. The van der Waals surface area contributed by atoms with Crippen molar-refractivity contribution in [2.45, 2.75) is 26.6 Å². The summed E-state index contributed by atoms with van der Waals surface area (Å²) in [5, 5.41) is 3.25. The average molecular weight is 276 g/mol. The zero-order chi connectivity index (χ0) is 14.4. The van der Waals surface area contributed by atoms with Gasteiger partial charge >= 0.3 is 0 Å². The molecule has 0 amide bonds. The van der Waals surface area contributed by atoms with Gasteiger partial charge in [0, 0.05) is 18.7 Å². The standard InChI is InChI=1S/C16H21FN2O/c1-3-18-10-13-6-7-16(17)14(9-13)11-19(2)12-15-5-4-8-20-15/h4-9,18H,3,10-12H2,1-2H3. The van der Waals surface area contributed by atoms with E-state index >= 15 is 0 Å². The molecule has 0 aliphatic heterocycles. The van der Waals surface area contributed by atoms with Crippen LogP contribution in [0.15, 0.2) is 41.0 Å². The van der Waals surface area contributed by atoms with Crippen molar-refractivity contribution in [1.82, 2.24) is 10.2 Å². The lowest BCUT2D eigenvalue weighted by atomic mass is 10.1. The first-order valence-corrected chi connectivity index (χ1v) is 6.88. The summed E-state index contributed by atoms with van der Waals surface area (Å²) < 4.78 is 19.2. The van der Waals surface area contributed by atoms with Crippen molar-refractivity contribution in [3.8, 4) is 0 Å². The lowest BCUT2D eigenvalue weighted by molar-refractivity contribution is 0.284. The molecule has 0 radical (unpaired) electrons. The summed E-state index contributed by atoms with van der Waals surface area (Å²) in [5.74, 6) is 0.730. The normalized spacial score (nSPS) is 11.2. The Morgan fingerprint density at radius 2 is 2.10 bits per heavy atom. The maximum absolute atomic E-state index is 13.9. The predicted molar refractivity (Wildman–Crippen MR) is 77.7 cm³/mol. The Bertz CT molecular complexity index is 525. The fraction of sp³-hybridized carbons (Fsp3) is 0.375. The van der Waals surface area contributed by atoms with Gasteiger partial charge in [-0.25, -0.2) is 4.39 Å². The molecule has 0 aliphatic carbocycles. The zero-order valence-electron chi connectivity index (χ0n) is 12.0. The number of halogens is 1. The molecule has 0 spiro atoms. The van der Waals surface area contributed by atoms with Gasteiger partial charge in [0.25, 0.3) is 0 Å². The van der Waals surface area contributed by atoms with Gasteiger partial charge in [-0.2, -0.15) is 0 Å². The fourth-order valence-electron chi connectivity index (χ4n) is 2.14. The second-order valence-electron chi connectivity index (χ2n) is 4.96. The highest BCUT2D eigenvalue weighted by Gasteiger charge is 2.08. The quantitative estimate of drug-likeness (QED) is 0.842. The first-order valence-electron chi connectivity index (χ1n) is 6.88. The summed E-state index contributed by atoms with van der Waals surface area (Å²) in [4.78, 5) is 2.04. The molecule has 1 N–H and O–H groups in total. The summed E-state index contributed by atoms with van der Waals surface area (Å²) in [5.41, 5.74) is 1.82. The Kier molecular flexibility index (Phi) is 5.32. The molecule has 1 aromatic carbocycles. The number of hydrogen-bond donors (Lipinski definition) is 1. The second-order valence-corrected chi connectivity index (χ2v) is 4.96. The molecule has 2 rings (SSSR count). The molecule has 0 aliphatic rings. The third kappa shape index (κ3) is 4.18. The molecule has 0 unspecified atom stereocenters. The van der Waals surface area contributed by atoms with Gasteiger partial charge in [0.1, 0.15) is 11.6 Å². The van der Waals surface area contributed by atoms with Crippen molar-refractivity contribution in [3.63, 3.8) is 0 Å². The molecule has 0 atom stereocenters. The molecule has 0 fully saturated rings. The summed E-state index contributed by atoms with van der Waals surface area (Å²) >= 11 is 0. The molecular weight excluding hydrogens is 255 g/mol. The van der Waals surface area contributed by atoms with Gasteiger partial charge in [-0.3, -0.25) is 4.90 Å².